The first-order valence-electron chi connectivity index (χ1n) is 3.08. The van der Waals surface area contributed by atoms with Crippen LogP contribution in [0.3, 0.4) is 0 Å². The second-order valence-electron chi connectivity index (χ2n) is 2.19. The lowest BCUT2D eigenvalue weighted by Gasteiger charge is -2.27. The van der Waals surface area contributed by atoms with Crippen LogP contribution in [0.1, 0.15) is 6.92 Å². The van der Waals surface area contributed by atoms with Gasteiger partial charge in [-0.1, -0.05) is 0 Å². The summed E-state index contributed by atoms with van der Waals surface area (Å²) in [5.74, 6) is 0. The molecule has 0 amide bonds. The molecule has 0 aliphatic carbocycles. The molecule has 1 aliphatic rings. The molecule has 0 aromatic carbocycles. The summed E-state index contributed by atoms with van der Waals surface area (Å²) >= 11 is 0. The van der Waals surface area contributed by atoms with Gasteiger partial charge in [0.2, 0.25) is 0 Å². The molecular weight excluding hydrogens is 116 g/mol. The Morgan fingerprint density at radius 3 is 2.78 bits per heavy atom. The molecule has 1 saturated heterocycles. The van der Waals surface area contributed by atoms with Crippen molar-refractivity contribution in [3.63, 3.8) is 0 Å². The molecule has 0 bridgehead atoms. The maximum atomic E-state index is 8.31. The van der Waals surface area contributed by atoms with Gasteiger partial charge in [0, 0.05) is 13.1 Å². The van der Waals surface area contributed by atoms with Gasteiger partial charge >= 0.3 is 0 Å². The van der Waals surface area contributed by atoms with Crippen LogP contribution in [-0.4, -0.2) is 25.3 Å². The van der Waals surface area contributed by atoms with Crippen LogP contribution >= 0.6 is 0 Å². The molecule has 0 radical (unpaired) electrons. The zero-order valence-electron chi connectivity index (χ0n) is 5.42. The number of hydrogen-bond acceptors (Lipinski definition) is 3. The van der Waals surface area contributed by atoms with E-state index in [1.807, 2.05) is 6.07 Å². The van der Waals surface area contributed by atoms with Gasteiger partial charge in [-0.15, -0.1) is 0 Å². The predicted octanol–water partition coefficient (Wildman–Crippen LogP) is -0.113. The molecular formula is C6H10N2O. The number of ether oxygens (including phenoxy) is 1. The van der Waals surface area contributed by atoms with Gasteiger partial charge < -0.3 is 10.1 Å². The summed E-state index contributed by atoms with van der Waals surface area (Å²) < 4.78 is 5.21. The first-order valence-corrected chi connectivity index (χ1v) is 3.08. The first-order chi connectivity index (χ1) is 4.33. The van der Waals surface area contributed by atoms with E-state index in [9.17, 15) is 0 Å². The van der Waals surface area contributed by atoms with Gasteiger partial charge in [0.15, 0.2) is 0 Å². The van der Waals surface area contributed by atoms with Crippen molar-refractivity contribution in [1.82, 2.24) is 5.32 Å². The van der Waals surface area contributed by atoms with Crippen molar-refractivity contribution in [3.8, 4) is 6.07 Å². The van der Waals surface area contributed by atoms with E-state index in [0.29, 0.717) is 0 Å². The highest BCUT2D eigenvalue weighted by molar-refractivity contribution is 4.84. The van der Waals surface area contributed by atoms with Crippen LogP contribution < -0.4 is 5.32 Å². The van der Waals surface area contributed by atoms with E-state index >= 15 is 0 Å². The molecule has 1 fully saturated rings. The Bertz CT molecular complexity index is 126. The standard InChI is InChI=1S/C6H10N2O/c1-5(2-7)9-6-3-8-4-6/h5-6,8H,3-4H2,1H3. The van der Waals surface area contributed by atoms with Gasteiger partial charge in [-0.25, -0.2) is 0 Å². The molecule has 1 heterocycles. The summed E-state index contributed by atoms with van der Waals surface area (Å²) in [4.78, 5) is 0. The Hall–Kier alpha value is -0.590. The number of nitrogens with zero attached hydrogens (tertiary/aromatic N) is 1. The third kappa shape index (κ3) is 1.67. The first kappa shape index (κ1) is 6.53. The van der Waals surface area contributed by atoms with Crippen LogP contribution in [0.2, 0.25) is 0 Å². The summed E-state index contributed by atoms with van der Waals surface area (Å²) in [5, 5.41) is 11.4. The molecule has 3 heteroatoms. The molecule has 50 valence electrons. The molecule has 1 N–H and O–H groups in total. The molecule has 3 nitrogen and oxygen atoms in total. The Labute approximate surface area is 54.6 Å². The smallest absolute Gasteiger partial charge is 0.141 e. The molecule has 0 spiro atoms. The van der Waals surface area contributed by atoms with Gasteiger partial charge in [-0.3, -0.25) is 0 Å². The van der Waals surface area contributed by atoms with E-state index in [1.165, 1.54) is 0 Å². The zero-order chi connectivity index (χ0) is 6.69. The van der Waals surface area contributed by atoms with Gasteiger partial charge in [-0.2, -0.15) is 5.26 Å². The van der Waals surface area contributed by atoms with Crippen molar-refractivity contribution in [2.45, 2.75) is 19.1 Å². The summed E-state index contributed by atoms with van der Waals surface area (Å²) in [6, 6.07) is 2.01. The van der Waals surface area contributed by atoms with Crippen LogP contribution in [0.5, 0.6) is 0 Å². The fraction of sp³-hybridized carbons (Fsp3) is 0.833. The van der Waals surface area contributed by atoms with Gasteiger partial charge in [0.05, 0.1) is 12.2 Å². The van der Waals surface area contributed by atoms with Crippen molar-refractivity contribution in [2.75, 3.05) is 13.1 Å². The number of nitriles is 1. The van der Waals surface area contributed by atoms with E-state index in [1.54, 1.807) is 6.92 Å². The summed E-state index contributed by atoms with van der Waals surface area (Å²) in [7, 11) is 0. The van der Waals surface area contributed by atoms with Crippen molar-refractivity contribution >= 4 is 0 Å². The minimum Gasteiger partial charge on any atom is -0.358 e. The lowest BCUT2D eigenvalue weighted by atomic mass is 10.2. The van der Waals surface area contributed by atoms with Gasteiger partial charge in [0.25, 0.3) is 0 Å². The summed E-state index contributed by atoms with van der Waals surface area (Å²) in [6.07, 6.45) is 0.0248. The van der Waals surface area contributed by atoms with Crippen molar-refractivity contribution in [2.24, 2.45) is 0 Å². The fourth-order valence-corrected chi connectivity index (χ4v) is 0.678. The summed E-state index contributed by atoms with van der Waals surface area (Å²) in [6.45, 7) is 3.55. The number of hydrogen-bond donors (Lipinski definition) is 1. The second-order valence-corrected chi connectivity index (χ2v) is 2.19. The molecule has 1 rings (SSSR count). The number of nitrogens with one attached hydrogen (secondary N) is 1. The molecule has 9 heavy (non-hydrogen) atoms. The minimum absolute atomic E-state index is 0.253. The maximum absolute atomic E-state index is 8.31. The van der Waals surface area contributed by atoms with Crippen molar-refractivity contribution in [1.29, 1.82) is 5.26 Å². The highest BCUT2D eigenvalue weighted by atomic mass is 16.5. The monoisotopic (exact) mass is 126 g/mol. The molecule has 1 atom stereocenters. The topological polar surface area (TPSA) is 45.0 Å². The Balaban J connectivity index is 2.10. The van der Waals surface area contributed by atoms with E-state index in [-0.39, 0.29) is 12.2 Å². The van der Waals surface area contributed by atoms with Crippen LogP contribution in [0.4, 0.5) is 0 Å². The Morgan fingerprint density at radius 2 is 2.44 bits per heavy atom. The van der Waals surface area contributed by atoms with E-state index in [0.717, 1.165) is 13.1 Å². The molecule has 0 saturated carbocycles. The Kier molecular flexibility index (Phi) is 2.04. The van der Waals surface area contributed by atoms with Crippen LogP contribution in [0.15, 0.2) is 0 Å². The lowest BCUT2D eigenvalue weighted by Crippen LogP contribution is -2.49. The average molecular weight is 126 g/mol. The minimum atomic E-state index is -0.253. The largest absolute Gasteiger partial charge is 0.358 e. The third-order valence-electron chi connectivity index (χ3n) is 1.32. The SMILES string of the molecule is CC(C#N)OC1CNC1. The average Bonchev–Trinajstić information content (AvgIpc) is 1.78. The quantitative estimate of drug-likeness (QED) is 0.561. The zero-order valence-corrected chi connectivity index (χ0v) is 5.42. The van der Waals surface area contributed by atoms with E-state index in [2.05, 4.69) is 5.32 Å². The second kappa shape index (κ2) is 2.81. The van der Waals surface area contributed by atoms with Crippen LogP contribution in [0, 0.1) is 11.3 Å². The highest BCUT2D eigenvalue weighted by Gasteiger charge is 2.19. The molecule has 0 aromatic heterocycles. The molecule has 1 aliphatic heterocycles. The van der Waals surface area contributed by atoms with Gasteiger partial charge in [-0.05, 0) is 6.92 Å². The Morgan fingerprint density at radius 1 is 1.78 bits per heavy atom. The van der Waals surface area contributed by atoms with Crippen molar-refractivity contribution < 1.29 is 4.74 Å². The third-order valence-corrected chi connectivity index (χ3v) is 1.32. The maximum Gasteiger partial charge on any atom is 0.141 e. The molecule has 0 aromatic rings. The summed E-state index contributed by atoms with van der Waals surface area (Å²) in [5.41, 5.74) is 0. The number of rotatable bonds is 2. The van der Waals surface area contributed by atoms with Gasteiger partial charge in [0.1, 0.15) is 6.10 Å². The van der Waals surface area contributed by atoms with Crippen LogP contribution in [0.25, 0.3) is 0 Å². The fourth-order valence-electron chi connectivity index (χ4n) is 0.678. The predicted molar refractivity (Wildman–Crippen MR) is 32.8 cm³/mol. The van der Waals surface area contributed by atoms with Crippen LogP contribution in [-0.2, 0) is 4.74 Å². The molecule has 1 unspecified atom stereocenters. The van der Waals surface area contributed by atoms with E-state index < -0.39 is 0 Å². The van der Waals surface area contributed by atoms with Crippen molar-refractivity contribution in [3.05, 3.63) is 0 Å². The lowest BCUT2D eigenvalue weighted by molar-refractivity contribution is -0.00410. The normalized spacial score (nSPS) is 22.2. The van der Waals surface area contributed by atoms with E-state index in [4.69, 9.17) is 10.00 Å². The highest BCUT2D eigenvalue weighted by Crippen LogP contribution is 2.01.